The molecule has 2 fully saturated rings. The van der Waals surface area contributed by atoms with Crippen LogP contribution < -0.4 is 5.32 Å². The highest BCUT2D eigenvalue weighted by Crippen LogP contribution is 2.36. The molecule has 3 rings (SSSR count). The average Bonchev–Trinajstić information content (AvgIpc) is 3.06. The van der Waals surface area contributed by atoms with Gasteiger partial charge in [-0.1, -0.05) is 19.8 Å². The van der Waals surface area contributed by atoms with Crippen LogP contribution in [0.2, 0.25) is 0 Å². The summed E-state index contributed by atoms with van der Waals surface area (Å²) in [6, 6.07) is 0. The van der Waals surface area contributed by atoms with Gasteiger partial charge in [0.05, 0.1) is 6.54 Å². The number of nitrogens with one attached hydrogen (secondary N) is 1. The largest absolute Gasteiger partial charge is 0.308 e. The topological polar surface area (TPSA) is 46.0 Å². The summed E-state index contributed by atoms with van der Waals surface area (Å²) in [6.45, 7) is 10.9. The maximum Gasteiger partial charge on any atom is 0.141 e. The molecule has 5 heteroatoms. The van der Waals surface area contributed by atoms with Gasteiger partial charge in [0, 0.05) is 30.7 Å². The molecule has 1 aromatic heterocycles. The molecule has 2 heterocycles. The summed E-state index contributed by atoms with van der Waals surface area (Å²) >= 11 is 0. The lowest BCUT2D eigenvalue weighted by Gasteiger charge is -2.50. The van der Waals surface area contributed by atoms with Gasteiger partial charge in [0.15, 0.2) is 0 Å². The van der Waals surface area contributed by atoms with E-state index in [-0.39, 0.29) is 5.54 Å². The Bertz CT molecular complexity index is 473. The second-order valence-corrected chi connectivity index (χ2v) is 7.41. The fourth-order valence-corrected chi connectivity index (χ4v) is 3.79. The van der Waals surface area contributed by atoms with E-state index < -0.39 is 0 Å². The van der Waals surface area contributed by atoms with Gasteiger partial charge in [-0.05, 0) is 33.1 Å². The van der Waals surface area contributed by atoms with Crippen molar-refractivity contribution < 1.29 is 0 Å². The van der Waals surface area contributed by atoms with Gasteiger partial charge >= 0.3 is 0 Å². The Balaban J connectivity index is 1.76. The lowest BCUT2D eigenvalue weighted by molar-refractivity contribution is 0.0188. The maximum absolute atomic E-state index is 4.50. The van der Waals surface area contributed by atoms with Gasteiger partial charge in [-0.25, -0.2) is 9.67 Å². The van der Waals surface area contributed by atoms with E-state index in [1.165, 1.54) is 25.7 Å². The van der Waals surface area contributed by atoms with Crippen LogP contribution in [0.4, 0.5) is 0 Å². The fraction of sp³-hybridized carbons (Fsp3) is 0.875. The monoisotopic (exact) mass is 291 g/mol. The second-order valence-electron chi connectivity index (χ2n) is 7.41. The summed E-state index contributed by atoms with van der Waals surface area (Å²) in [5.74, 6) is 1.11. The van der Waals surface area contributed by atoms with Crippen molar-refractivity contribution in [1.82, 2.24) is 25.0 Å². The Kier molecular flexibility index (Phi) is 4.06. The highest BCUT2D eigenvalue weighted by Gasteiger charge is 2.44. The fourth-order valence-electron chi connectivity index (χ4n) is 3.79. The maximum atomic E-state index is 4.50. The van der Waals surface area contributed by atoms with E-state index in [4.69, 9.17) is 0 Å². The normalized spacial score (nSPS) is 24.7. The van der Waals surface area contributed by atoms with Crippen molar-refractivity contribution in [3.63, 3.8) is 0 Å². The first kappa shape index (κ1) is 15.0. The molecule has 118 valence electrons. The number of hydrogen-bond acceptors (Lipinski definition) is 4. The molecule has 1 spiro atoms. The lowest BCUT2D eigenvalue weighted by atomic mass is 9.87. The van der Waals surface area contributed by atoms with E-state index in [0.29, 0.717) is 5.54 Å². The Labute approximate surface area is 128 Å². The third-order valence-electron chi connectivity index (χ3n) is 5.27. The first-order chi connectivity index (χ1) is 10.0. The van der Waals surface area contributed by atoms with Crippen LogP contribution in [0.5, 0.6) is 0 Å². The number of piperazine rings is 1. The molecule has 0 aromatic carbocycles. The molecule has 0 atom stereocenters. The number of hydrogen-bond donors (Lipinski definition) is 1. The summed E-state index contributed by atoms with van der Waals surface area (Å²) in [4.78, 5) is 7.12. The van der Waals surface area contributed by atoms with Gasteiger partial charge in [0.1, 0.15) is 12.2 Å². The van der Waals surface area contributed by atoms with E-state index in [1.807, 2.05) is 0 Å². The van der Waals surface area contributed by atoms with Crippen molar-refractivity contribution in [3.8, 4) is 0 Å². The number of nitrogens with zero attached hydrogens (tertiary/aromatic N) is 4. The van der Waals surface area contributed by atoms with Crippen molar-refractivity contribution >= 4 is 0 Å². The molecule has 21 heavy (non-hydrogen) atoms. The number of rotatable bonds is 4. The molecule has 0 radical (unpaired) electrons. The van der Waals surface area contributed by atoms with Gasteiger partial charge in [-0.3, -0.25) is 4.90 Å². The summed E-state index contributed by atoms with van der Waals surface area (Å²) in [7, 11) is 0. The molecule has 0 amide bonds. The quantitative estimate of drug-likeness (QED) is 0.923. The van der Waals surface area contributed by atoms with Crippen LogP contribution in [-0.4, -0.2) is 43.8 Å². The minimum atomic E-state index is 0.177. The molecule has 1 aromatic rings. The summed E-state index contributed by atoms with van der Waals surface area (Å²) in [6.07, 6.45) is 8.18. The number of aromatic nitrogens is 3. The van der Waals surface area contributed by atoms with Crippen LogP contribution in [0.25, 0.3) is 0 Å². The zero-order valence-corrected chi connectivity index (χ0v) is 13.7. The smallest absolute Gasteiger partial charge is 0.141 e. The Hall–Kier alpha value is -0.940. The molecule has 0 bridgehead atoms. The van der Waals surface area contributed by atoms with Crippen LogP contribution in [0.1, 0.15) is 58.7 Å². The van der Waals surface area contributed by atoms with E-state index in [1.54, 1.807) is 6.33 Å². The van der Waals surface area contributed by atoms with Crippen LogP contribution in [-0.2, 0) is 13.1 Å². The summed E-state index contributed by atoms with van der Waals surface area (Å²) in [5.41, 5.74) is 0.530. The Morgan fingerprint density at radius 1 is 1.29 bits per heavy atom. The van der Waals surface area contributed by atoms with Crippen molar-refractivity contribution in [2.24, 2.45) is 0 Å². The van der Waals surface area contributed by atoms with Crippen LogP contribution in [0.15, 0.2) is 6.33 Å². The predicted molar refractivity (Wildman–Crippen MR) is 84.0 cm³/mol. The van der Waals surface area contributed by atoms with Crippen molar-refractivity contribution in [1.29, 1.82) is 0 Å². The van der Waals surface area contributed by atoms with Gasteiger partial charge in [0.25, 0.3) is 0 Å². The highest BCUT2D eigenvalue weighted by molar-refractivity contribution is 5.05. The van der Waals surface area contributed by atoms with E-state index >= 15 is 0 Å². The molecular weight excluding hydrogens is 262 g/mol. The second kappa shape index (κ2) is 5.69. The third-order valence-corrected chi connectivity index (χ3v) is 5.27. The molecule has 2 aliphatic rings. The van der Waals surface area contributed by atoms with E-state index in [9.17, 15) is 0 Å². The molecule has 5 nitrogen and oxygen atoms in total. The van der Waals surface area contributed by atoms with Gasteiger partial charge in [-0.2, -0.15) is 5.10 Å². The average molecular weight is 291 g/mol. The molecule has 1 saturated heterocycles. The molecule has 1 aliphatic heterocycles. The van der Waals surface area contributed by atoms with Crippen LogP contribution in [0.3, 0.4) is 0 Å². The first-order valence-corrected chi connectivity index (χ1v) is 8.41. The first-order valence-electron chi connectivity index (χ1n) is 8.41. The van der Waals surface area contributed by atoms with Gasteiger partial charge in [0.2, 0.25) is 0 Å². The van der Waals surface area contributed by atoms with Gasteiger partial charge in [-0.15, -0.1) is 0 Å². The Morgan fingerprint density at radius 2 is 2.05 bits per heavy atom. The van der Waals surface area contributed by atoms with Crippen LogP contribution in [0, 0.1) is 0 Å². The minimum absolute atomic E-state index is 0.177. The Morgan fingerprint density at radius 3 is 2.76 bits per heavy atom. The number of aryl methyl sites for hydroxylation is 1. The predicted octanol–water partition coefficient (Wildman–Crippen LogP) is 2.18. The third kappa shape index (κ3) is 2.99. The molecule has 0 unspecified atom stereocenters. The zero-order chi connectivity index (χ0) is 14.9. The van der Waals surface area contributed by atoms with Crippen molar-refractivity contribution in [2.45, 2.75) is 77.0 Å². The minimum Gasteiger partial charge on any atom is -0.308 e. The van der Waals surface area contributed by atoms with Crippen LogP contribution >= 0.6 is 0 Å². The molecule has 1 N–H and O–H groups in total. The zero-order valence-electron chi connectivity index (χ0n) is 13.7. The molecular formula is C16H29N5. The van der Waals surface area contributed by atoms with Crippen molar-refractivity contribution in [3.05, 3.63) is 12.2 Å². The van der Waals surface area contributed by atoms with E-state index in [0.717, 1.165) is 38.4 Å². The highest BCUT2D eigenvalue weighted by atomic mass is 15.4. The molecule has 1 aliphatic carbocycles. The van der Waals surface area contributed by atoms with Gasteiger partial charge < -0.3 is 5.32 Å². The molecule has 1 saturated carbocycles. The van der Waals surface area contributed by atoms with Crippen molar-refractivity contribution in [2.75, 3.05) is 13.1 Å². The summed E-state index contributed by atoms with van der Waals surface area (Å²) < 4.78 is 2.07. The standard InChI is InChI=1S/C16H29N5/c1-4-9-21-14(17-13-19-21)10-20-12-16(7-5-6-8-16)18-11-15(20,2)3/h13,18H,4-12H2,1-3H3. The summed E-state index contributed by atoms with van der Waals surface area (Å²) in [5, 5.41) is 8.22. The SMILES string of the molecule is CCCn1ncnc1CN1CC2(CCCC2)NCC1(C)C. The lowest BCUT2D eigenvalue weighted by Crippen LogP contribution is -2.67. The van der Waals surface area contributed by atoms with E-state index in [2.05, 4.69) is 45.8 Å².